The molecule has 1 aromatic heterocycles. The number of aromatic nitrogens is 1. The number of hydrogen-bond acceptors (Lipinski definition) is 4. The van der Waals surface area contributed by atoms with Crippen molar-refractivity contribution >= 4 is 23.3 Å². The molecule has 2 aromatic rings. The summed E-state index contributed by atoms with van der Waals surface area (Å²) in [5.41, 5.74) is 7.18. The van der Waals surface area contributed by atoms with E-state index in [0.29, 0.717) is 16.7 Å². The minimum Gasteiger partial charge on any atom is -0.372 e. The summed E-state index contributed by atoms with van der Waals surface area (Å²) in [6.45, 7) is 9.83. The van der Waals surface area contributed by atoms with Crippen LogP contribution in [0, 0.1) is 18.8 Å². The summed E-state index contributed by atoms with van der Waals surface area (Å²) < 4.78 is 0. The molecule has 0 saturated carbocycles. The smallest absolute Gasteiger partial charge is 0.228 e. The van der Waals surface area contributed by atoms with Gasteiger partial charge < -0.3 is 10.2 Å². The Labute approximate surface area is 238 Å². The van der Waals surface area contributed by atoms with E-state index in [4.69, 9.17) is 11.6 Å². The second kappa shape index (κ2) is 13.3. The van der Waals surface area contributed by atoms with Gasteiger partial charge in [0.05, 0.1) is 6.42 Å². The Bertz CT molecular complexity index is 1310. The van der Waals surface area contributed by atoms with Gasteiger partial charge in [-0.05, 0) is 106 Å². The van der Waals surface area contributed by atoms with Gasteiger partial charge in [-0.25, -0.2) is 0 Å². The number of halogens is 1. The largest absolute Gasteiger partial charge is 0.372 e. The van der Waals surface area contributed by atoms with Crippen molar-refractivity contribution in [3.63, 3.8) is 0 Å². The van der Waals surface area contributed by atoms with Crippen LogP contribution in [-0.2, 0) is 16.0 Å². The van der Waals surface area contributed by atoms with Gasteiger partial charge in [-0.3, -0.25) is 14.6 Å². The van der Waals surface area contributed by atoms with Crippen LogP contribution in [-0.4, -0.2) is 34.7 Å². The zero-order valence-corrected chi connectivity index (χ0v) is 24.4. The Hall–Kier alpha value is -3.18. The van der Waals surface area contributed by atoms with Crippen molar-refractivity contribution in [2.24, 2.45) is 11.8 Å². The van der Waals surface area contributed by atoms with Crippen LogP contribution >= 0.6 is 11.6 Å². The number of aryl methyl sites for hydroxylation is 1. The standard InChI is InChI=1S/C33H40ClN3O2/c1-22-7-9-29(10-11-30(18-22)37-16-5-6-27(14-17-37)24(3)25(4)38)36-33(39)21-26-8-12-31(32(34)20-26)28-13-15-35-23(2)19-28/h8,10-13,15,18-20,24,27H,5-7,9,14,16-17,21H2,1-4H3,(H,36,39). The minimum atomic E-state index is -0.0437. The quantitative estimate of drug-likeness (QED) is 0.399. The van der Waals surface area contributed by atoms with Gasteiger partial charge in [0.1, 0.15) is 5.78 Å². The number of carbonyl (C=O) groups excluding carboxylic acids is 2. The number of benzene rings is 1. The molecule has 0 radical (unpaired) electrons. The van der Waals surface area contributed by atoms with Crippen molar-refractivity contribution in [2.45, 2.75) is 66.2 Å². The molecular weight excluding hydrogens is 506 g/mol. The Morgan fingerprint density at radius 1 is 1.10 bits per heavy atom. The summed E-state index contributed by atoms with van der Waals surface area (Å²) >= 11 is 6.59. The summed E-state index contributed by atoms with van der Waals surface area (Å²) in [5.74, 6) is 0.826. The van der Waals surface area contributed by atoms with Crippen LogP contribution in [0.1, 0.15) is 64.1 Å². The summed E-state index contributed by atoms with van der Waals surface area (Å²) in [7, 11) is 0. The molecule has 1 aromatic carbocycles. The van der Waals surface area contributed by atoms with E-state index in [2.05, 4.69) is 47.3 Å². The van der Waals surface area contributed by atoms with Crippen molar-refractivity contribution in [1.29, 1.82) is 0 Å². The lowest BCUT2D eigenvalue weighted by molar-refractivity contribution is -0.122. The Morgan fingerprint density at radius 3 is 2.67 bits per heavy atom. The van der Waals surface area contributed by atoms with Crippen LogP contribution in [0.3, 0.4) is 0 Å². The minimum absolute atomic E-state index is 0.0437. The number of Topliss-reactive ketones (excluding diaryl/α,β-unsaturated/α-hetero) is 1. The fraction of sp³-hybridized carbons (Fsp3) is 0.424. The average Bonchev–Trinajstić information content (AvgIpc) is 3.14. The van der Waals surface area contributed by atoms with E-state index in [9.17, 15) is 9.59 Å². The van der Waals surface area contributed by atoms with E-state index in [1.54, 1.807) is 13.1 Å². The number of nitrogens with zero attached hydrogens (tertiary/aromatic N) is 2. The lowest BCUT2D eigenvalue weighted by Gasteiger charge is -2.26. The predicted octanol–water partition coefficient (Wildman–Crippen LogP) is 7.20. The summed E-state index contributed by atoms with van der Waals surface area (Å²) in [6.07, 6.45) is 13.4. The van der Waals surface area contributed by atoms with Crippen molar-refractivity contribution < 1.29 is 9.59 Å². The number of hydrogen-bond donors (Lipinski definition) is 1. The first-order valence-electron chi connectivity index (χ1n) is 14.0. The van der Waals surface area contributed by atoms with Crippen LogP contribution in [0.2, 0.25) is 5.02 Å². The van der Waals surface area contributed by atoms with E-state index >= 15 is 0 Å². The van der Waals surface area contributed by atoms with E-state index in [-0.39, 0.29) is 18.2 Å². The lowest BCUT2D eigenvalue weighted by Crippen LogP contribution is -2.26. The number of allylic oxidation sites excluding steroid dienone is 5. The van der Waals surface area contributed by atoms with Crippen LogP contribution in [0.25, 0.3) is 11.1 Å². The summed E-state index contributed by atoms with van der Waals surface area (Å²) in [5, 5.41) is 3.77. The number of pyridine rings is 1. The third kappa shape index (κ3) is 7.92. The highest BCUT2D eigenvalue weighted by Gasteiger charge is 2.25. The van der Waals surface area contributed by atoms with Crippen molar-refractivity contribution in [1.82, 2.24) is 15.2 Å². The second-order valence-electron chi connectivity index (χ2n) is 11.1. The SMILES string of the molecule is CC(=O)C(C)C1CCCN(C2=CC=C(NC(=O)Cc3ccc(-c4ccnc(C)c4)c(Cl)c3)CCC(C)=C2)CC1. The molecule has 5 nitrogen and oxygen atoms in total. The molecule has 4 rings (SSSR count). The fourth-order valence-electron chi connectivity index (χ4n) is 5.51. The fourth-order valence-corrected chi connectivity index (χ4v) is 5.82. The van der Waals surface area contributed by atoms with Gasteiger partial charge >= 0.3 is 0 Å². The average molecular weight is 546 g/mol. The lowest BCUT2D eigenvalue weighted by atomic mass is 9.85. The van der Waals surface area contributed by atoms with Crippen molar-refractivity contribution in [2.75, 3.05) is 13.1 Å². The maximum atomic E-state index is 13.0. The third-order valence-electron chi connectivity index (χ3n) is 8.03. The van der Waals surface area contributed by atoms with Crippen LogP contribution in [0.4, 0.5) is 0 Å². The molecule has 0 spiro atoms. The van der Waals surface area contributed by atoms with Gasteiger partial charge in [-0.2, -0.15) is 0 Å². The van der Waals surface area contributed by atoms with E-state index < -0.39 is 0 Å². The van der Waals surface area contributed by atoms with Crippen molar-refractivity contribution in [3.8, 4) is 11.1 Å². The monoisotopic (exact) mass is 545 g/mol. The Balaban J connectivity index is 1.41. The molecule has 2 atom stereocenters. The second-order valence-corrected chi connectivity index (χ2v) is 11.5. The normalized spacial score (nSPS) is 19.1. The van der Waals surface area contributed by atoms with Gasteiger partial charge in [0.15, 0.2) is 0 Å². The Morgan fingerprint density at radius 2 is 1.92 bits per heavy atom. The highest BCUT2D eigenvalue weighted by atomic mass is 35.5. The third-order valence-corrected chi connectivity index (χ3v) is 8.34. The van der Waals surface area contributed by atoms with Gasteiger partial charge in [-0.1, -0.05) is 36.2 Å². The molecule has 0 bridgehead atoms. The van der Waals surface area contributed by atoms with E-state index in [0.717, 1.165) is 73.3 Å². The number of nitrogens with one attached hydrogen (secondary N) is 1. The first-order chi connectivity index (χ1) is 18.7. The predicted molar refractivity (Wildman–Crippen MR) is 159 cm³/mol. The number of likely N-dealkylation sites (tertiary alicyclic amines) is 1. The molecular formula is C33H40ClN3O2. The molecule has 6 heteroatoms. The molecule has 2 unspecified atom stereocenters. The summed E-state index contributed by atoms with van der Waals surface area (Å²) in [4.78, 5) is 31.6. The molecule has 1 saturated heterocycles. The van der Waals surface area contributed by atoms with Crippen molar-refractivity contribution in [3.05, 3.63) is 88.0 Å². The zero-order chi connectivity index (χ0) is 27.9. The molecule has 2 aliphatic rings. The number of amides is 1. The maximum Gasteiger partial charge on any atom is 0.228 e. The van der Waals surface area contributed by atoms with Crippen LogP contribution in [0.15, 0.2) is 71.7 Å². The molecule has 1 aliphatic carbocycles. The van der Waals surface area contributed by atoms with Gasteiger partial charge in [0, 0.05) is 52.9 Å². The van der Waals surface area contributed by atoms with Gasteiger partial charge in [0.2, 0.25) is 5.91 Å². The number of rotatable bonds is 7. The molecule has 2 heterocycles. The molecule has 39 heavy (non-hydrogen) atoms. The van der Waals surface area contributed by atoms with Gasteiger partial charge in [0.25, 0.3) is 0 Å². The highest BCUT2D eigenvalue weighted by molar-refractivity contribution is 6.33. The molecule has 1 fully saturated rings. The van der Waals surface area contributed by atoms with Crippen LogP contribution in [0.5, 0.6) is 0 Å². The number of carbonyl (C=O) groups is 2. The zero-order valence-electron chi connectivity index (χ0n) is 23.6. The first-order valence-corrected chi connectivity index (χ1v) is 14.4. The Kier molecular flexibility index (Phi) is 9.79. The first kappa shape index (κ1) is 28.8. The maximum absolute atomic E-state index is 13.0. The topological polar surface area (TPSA) is 62.3 Å². The van der Waals surface area contributed by atoms with E-state index in [1.165, 1.54) is 11.3 Å². The highest BCUT2D eigenvalue weighted by Crippen LogP contribution is 2.30. The van der Waals surface area contributed by atoms with Gasteiger partial charge in [-0.15, -0.1) is 0 Å². The van der Waals surface area contributed by atoms with E-state index in [1.807, 2.05) is 37.3 Å². The molecule has 206 valence electrons. The molecule has 1 N–H and O–H groups in total. The summed E-state index contributed by atoms with van der Waals surface area (Å²) in [6, 6.07) is 9.76. The molecule has 1 aliphatic heterocycles. The molecule has 1 amide bonds. The van der Waals surface area contributed by atoms with Crippen LogP contribution < -0.4 is 5.32 Å². The number of ketones is 1.